The number of fused-ring (bicyclic) bond motifs is 1. The van der Waals surface area contributed by atoms with Crippen LogP contribution in [-0.4, -0.2) is 14.5 Å². The summed E-state index contributed by atoms with van der Waals surface area (Å²) >= 11 is 0. The zero-order valence-electron chi connectivity index (χ0n) is 41.2. The van der Waals surface area contributed by atoms with Gasteiger partial charge < -0.3 is 4.74 Å². The van der Waals surface area contributed by atoms with E-state index in [-0.39, 0.29) is 31.9 Å². The number of aryl methyl sites for hydroxylation is 2. The van der Waals surface area contributed by atoms with Gasteiger partial charge in [0.05, 0.1) is 28.0 Å². The van der Waals surface area contributed by atoms with E-state index >= 15 is 0 Å². The van der Waals surface area contributed by atoms with E-state index in [1.165, 1.54) is 22.3 Å². The Morgan fingerprint density at radius 2 is 1.09 bits per heavy atom. The SMILES string of the molecule is [CH2-]Oc1c(C)cc(C)cc1-c1nc2c(-c3[c-]c(-c4cc(-c5ccc(-c6ccccc6)cc5)ccn4)cc(-c4ccccc4)c3)cccc2n1-c1cc(C(C)(C)C)ccc1-c1ccc(C(C)(C)C)cc1.[Pt+2]. The molecule has 0 radical (unpaired) electrons. The third-order valence-corrected chi connectivity index (χ3v) is 13.3. The minimum Gasteiger partial charge on any atom is -0.665 e. The first-order valence-electron chi connectivity index (χ1n) is 23.8. The first-order valence-corrected chi connectivity index (χ1v) is 23.8. The summed E-state index contributed by atoms with van der Waals surface area (Å²) in [5.74, 6) is 1.47. The van der Waals surface area contributed by atoms with Crippen molar-refractivity contribution in [2.75, 3.05) is 0 Å². The molecule has 0 saturated heterocycles. The Morgan fingerprint density at radius 3 is 1.73 bits per heavy atom. The summed E-state index contributed by atoms with van der Waals surface area (Å²) in [6.07, 6.45) is 1.90. The predicted molar refractivity (Wildman–Crippen MR) is 289 cm³/mol. The van der Waals surface area contributed by atoms with Crippen LogP contribution < -0.4 is 4.74 Å². The number of para-hydroxylation sites is 1. The number of benzene rings is 8. The Hall–Kier alpha value is -7.13. The standard InChI is InChI=1S/C65H57N3O.Pt/c1-42-35-43(2)62(69-9)57(36-42)63-67-61-56(21-16-22-59(61)68(63)60-41-54(65(6,7)8)31-32-55(60)48-27-29-53(30-28-48)64(3,4)5)51-37-50(45-19-14-11-15-20-45)38-52(39-51)58-40-49(33-34-66-58)47-25-23-46(24-26-47)44-17-12-10-13-18-44;/h10-38,40-41H,9H2,1-8H3;/q-2;+2. The van der Waals surface area contributed by atoms with Crippen molar-refractivity contribution >= 4 is 11.0 Å². The van der Waals surface area contributed by atoms with Crippen LogP contribution >= 0.6 is 0 Å². The second kappa shape index (κ2) is 19.3. The molecule has 10 aromatic rings. The Balaban J connectivity index is 0.00000608. The van der Waals surface area contributed by atoms with Crippen molar-refractivity contribution in [2.24, 2.45) is 0 Å². The van der Waals surface area contributed by atoms with Crippen LogP contribution in [0.5, 0.6) is 5.75 Å². The number of aromatic nitrogens is 3. The van der Waals surface area contributed by atoms with Gasteiger partial charge in [-0.05, 0) is 105 Å². The van der Waals surface area contributed by atoms with Crippen molar-refractivity contribution in [3.05, 3.63) is 224 Å². The number of pyridine rings is 1. The van der Waals surface area contributed by atoms with Crippen LogP contribution in [0.2, 0.25) is 0 Å². The molecule has 0 aliphatic rings. The maximum absolute atomic E-state index is 6.01. The molecule has 0 N–H and O–H groups in total. The van der Waals surface area contributed by atoms with E-state index < -0.39 is 0 Å². The number of hydrogen-bond donors (Lipinski definition) is 0. The van der Waals surface area contributed by atoms with E-state index in [1.54, 1.807) is 0 Å². The minimum absolute atomic E-state index is 0. The van der Waals surface area contributed by atoms with Gasteiger partial charge in [-0.2, -0.15) is 7.11 Å². The van der Waals surface area contributed by atoms with Gasteiger partial charge in [-0.25, -0.2) is 4.98 Å². The van der Waals surface area contributed by atoms with E-state index in [2.05, 4.69) is 249 Å². The zero-order chi connectivity index (χ0) is 48.0. The predicted octanol–water partition coefficient (Wildman–Crippen LogP) is 17.3. The van der Waals surface area contributed by atoms with Gasteiger partial charge in [0, 0.05) is 17.5 Å². The Bertz CT molecular complexity index is 3490. The van der Waals surface area contributed by atoms with Gasteiger partial charge >= 0.3 is 21.1 Å². The molecule has 0 bridgehead atoms. The monoisotopic (exact) mass is 1090 g/mol. The minimum atomic E-state index is -0.118. The smallest absolute Gasteiger partial charge is 0.665 e. The van der Waals surface area contributed by atoms with Crippen molar-refractivity contribution in [3.63, 3.8) is 0 Å². The van der Waals surface area contributed by atoms with Crippen LogP contribution in [0, 0.1) is 27.0 Å². The van der Waals surface area contributed by atoms with Gasteiger partial charge in [0.2, 0.25) is 0 Å². The van der Waals surface area contributed by atoms with E-state index in [0.29, 0.717) is 5.75 Å². The fourth-order valence-corrected chi connectivity index (χ4v) is 9.52. The number of nitrogens with zero attached hydrogens (tertiary/aromatic N) is 3. The fourth-order valence-electron chi connectivity index (χ4n) is 9.52. The van der Waals surface area contributed by atoms with Gasteiger partial charge in [0.25, 0.3) is 0 Å². The zero-order valence-corrected chi connectivity index (χ0v) is 43.4. The molecule has 4 nitrogen and oxygen atoms in total. The van der Waals surface area contributed by atoms with Crippen molar-refractivity contribution in [3.8, 4) is 89.7 Å². The summed E-state index contributed by atoms with van der Waals surface area (Å²) < 4.78 is 8.35. The third-order valence-electron chi connectivity index (χ3n) is 13.3. The van der Waals surface area contributed by atoms with E-state index in [0.717, 1.165) is 95.0 Å². The van der Waals surface area contributed by atoms with Crippen LogP contribution in [0.3, 0.4) is 0 Å². The molecular formula is C65H57N3OPt. The largest absolute Gasteiger partial charge is 2.00 e. The van der Waals surface area contributed by atoms with Crippen molar-refractivity contribution in [1.29, 1.82) is 0 Å². The van der Waals surface area contributed by atoms with E-state index in [4.69, 9.17) is 14.7 Å². The molecular weight excluding hydrogens is 1030 g/mol. The number of imidazole rings is 1. The maximum Gasteiger partial charge on any atom is 2.00 e. The summed E-state index contributed by atoms with van der Waals surface area (Å²) in [7, 11) is 3.96. The van der Waals surface area contributed by atoms with Gasteiger partial charge in [0.15, 0.2) is 0 Å². The average molecular weight is 1090 g/mol. The molecule has 0 aliphatic carbocycles. The topological polar surface area (TPSA) is 39.9 Å². The molecule has 0 saturated carbocycles. The summed E-state index contributed by atoms with van der Waals surface area (Å²) in [4.78, 5) is 10.7. The molecule has 0 spiro atoms. The molecule has 348 valence electrons. The third kappa shape index (κ3) is 9.46. The molecule has 5 heteroatoms. The number of ether oxygens (including phenoxy) is 1. The second-order valence-electron chi connectivity index (χ2n) is 20.3. The first-order chi connectivity index (χ1) is 33.2. The normalized spacial score (nSPS) is 11.7. The van der Waals surface area contributed by atoms with Gasteiger partial charge in [-0.15, -0.1) is 23.8 Å². The summed E-state index contributed by atoms with van der Waals surface area (Å²) in [6.45, 7) is 17.8. The summed E-state index contributed by atoms with van der Waals surface area (Å²) in [5, 5.41) is 0. The Morgan fingerprint density at radius 1 is 0.500 bits per heavy atom. The number of hydrogen-bond acceptors (Lipinski definition) is 3. The molecule has 2 heterocycles. The average Bonchev–Trinajstić information content (AvgIpc) is 3.76. The van der Waals surface area contributed by atoms with Gasteiger partial charge in [-0.1, -0.05) is 204 Å². The molecule has 0 amide bonds. The van der Waals surface area contributed by atoms with Gasteiger partial charge in [-0.3, -0.25) is 9.55 Å². The molecule has 0 fully saturated rings. The van der Waals surface area contributed by atoms with E-state index in [9.17, 15) is 0 Å². The molecule has 0 aliphatic heterocycles. The molecule has 10 rings (SSSR count). The number of rotatable bonds is 9. The van der Waals surface area contributed by atoms with Crippen LogP contribution in [-0.2, 0) is 31.9 Å². The van der Waals surface area contributed by atoms with Crippen molar-refractivity contribution in [1.82, 2.24) is 14.5 Å². The molecule has 0 atom stereocenters. The van der Waals surface area contributed by atoms with Crippen LogP contribution in [0.25, 0.3) is 95.0 Å². The molecule has 2 aromatic heterocycles. The molecule has 8 aromatic carbocycles. The Labute approximate surface area is 428 Å². The summed E-state index contributed by atoms with van der Waals surface area (Å²) in [6, 6.07) is 69.1. The first kappa shape index (κ1) is 47.9. The molecule has 0 unspecified atom stereocenters. The quantitative estimate of drug-likeness (QED) is 0.135. The summed E-state index contributed by atoms with van der Waals surface area (Å²) in [5.41, 5.74) is 20.9. The maximum atomic E-state index is 6.01. The van der Waals surface area contributed by atoms with E-state index in [1.807, 2.05) is 12.3 Å². The van der Waals surface area contributed by atoms with Crippen molar-refractivity contribution in [2.45, 2.75) is 66.2 Å². The van der Waals surface area contributed by atoms with Crippen LogP contribution in [0.15, 0.2) is 188 Å². The Kier molecular flexibility index (Phi) is 13.2. The van der Waals surface area contributed by atoms with Crippen LogP contribution in [0.1, 0.15) is 63.8 Å². The van der Waals surface area contributed by atoms with Crippen molar-refractivity contribution < 1.29 is 25.8 Å². The fraction of sp³-hybridized carbons (Fsp3) is 0.154. The second-order valence-corrected chi connectivity index (χ2v) is 20.3. The molecule has 70 heavy (non-hydrogen) atoms. The van der Waals surface area contributed by atoms with Crippen LogP contribution in [0.4, 0.5) is 0 Å². The van der Waals surface area contributed by atoms with Gasteiger partial charge in [0.1, 0.15) is 5.82 Å².